The number of carbonyl (C=O) groups excluding carboxylic acids is 4. The van der Waals surface area contributed by atoms with Crippen molar-refractivity contribution in [3.05, 3.63) is 162 Å². The number of fused-ring (bicyclic) bond motifs is 8. The van der Waals surface area contributed by atoms with Crippen molar-refractivity contribution in [3.63, 3.8) is 0 Å². The maximum absolute atomic E-state index is 14.6. The second-order valence-electron chi connectivity index (χ2n) is 26.9. The summed E-state index contributed by atoms with van der Waals surface area (Å²) in [5.74, 6) is 0.892. The number of benzene rings is 4. The van der Waals surface area contributed by atoms with E-state index in [9.17, 15) is 19.2 Å². The van der Waals surface area contributed by atoms with Gasteiger partial charge in [-0.1, -0.05) is 158 Å². The molecule has 0 spiro atoms. The molecule has 478 valence electrons. The molecule has 14 nitrogen and oxygen atoms in total. The van der Waals surface area contributed by atoms with E-state index in [0.717, 1.165) is 195 Å². The molecule has 4 aromatic carbocycles. The molecule has 3 fully saturated rings. The second kappa shape index (κ2) is 27.7. The number of unbranched alkanes of at least 4 members (excludes halogenated alkanes) is 2. The van der Waals surface area contributed by atoms with E-state index >= 15 is 0 Å². The number of nitrogens with one attached hydrogen (secondary N) is 6. The van der Waals surface area contributed by atoms with Gasteiger partial charge in [0.15, 0.2) is 0 Å². The van der Waals surface area contributed by atoms with Crippen molar-refractivity contribution in [1.29, 1.82) is 0 Å². The molecule has 2 aliphatic heterocycles. The predicted octanol–water partition coefficient (Wildman–Crippen LogP) is 18.8. The molecule has 15 heteroatoms. The first kappa shape index (κ1) is 64.2. The van der Waals surface area contributed by atoms with Crippen LogP contribution in [0.1, 0.15) is 171 Å². The number of aryl methyl sites for hydroxylation is 2. The number of hydrogen-bond acceptors (Lipinski definition) is 7. The van der Waals surface area contributed by atoms with Gasteiger partial charge < -0.3 is 35.8 Å². The van der Waals surface area contributed by atoms with Crippen LogP contribution in [0.4, 0.5) is 22.7 Å². The topological polar surface area (TPSA) is 192 Å². The Bertz CT molecular complexity index is 4300. The Labute approximate surface area is 555 Å². The number of aromatic amines is 2. The minimum absolute atomic E-state index is 0. The molecule has 8 bridgehead atoms. The summed E-state index contributed by atoms with van der Waals surface area (Å²) in [6.45, 7) is 9.13. The molecule has 5 aliphatic rings. The van der Waals surface area contributed by atoms with Gasteiger partial charge in [-0.25, -0.2) is 15.0 Å². The Morgan fingerprint density at radius 1 is 0.430 bits per heavy atom. The van der Waals surface area contributed by atoms with E-state index in [1.807, 2.05) is 135 Å². The molecular formula is C78H84FeN10O4. The van der Waals surface area contributed by atoms with E-state index in [4.69, 9.17) is 9.97 Å². The fourth-order valence-corrected chi connectivity index (χ4v) is 14.7. The quantitative estimate of drug-likeness (QED) is 0.0386. The maximum atomic E-state index is 14.6. The summed E-state index contributed by atoms with van der Waals surface area (Å²) >= 11 is 0. The first-order valence-corrected chi connectivity index (χ1v) is 33.5. The molecule has 0 saturated heterocycles. The van der Waals surface area contributed by atoms with Gasteiger partial charge in [-0.15, -0.1) is 0 Å². The van der Waals surface area contributed by atoms with Crippen LogP contribution in [0.25, 0.3) is 90.9 Å². The van der Waals surface area contributed by atoms with Gasteiger partial charge in [0.2, 0.25) is 23.6 Å². The summed E-state index contributed by atoms with van der Waals surface area (Å²) in [5.41, 5.74) is 12.8. The number of anilines is 4. The third-order valence-corrected chi connectivity index (χ3v) is 20.3. The van der Waals surface area contributed by atoms with Crippen molar-refractivity contribution in [2.45, 2.75) is 156 Å². The van der Waals surface area contributed by atoms with Crippen LogP contribution in [-0.4, -0.2) is 53.1 Å². The molecular weight excluding hydrogens is 1200 g/mol. The number of imidazole rings is 1. The van der Waals surface area contributed by atoms with Gasteiger partial charge in [-0.05, 0) is 131 Å². The minimum atomic E-state index is -0.517. The van der Waals surface area contributed by atoms with Crippen LogP contribution in [0.3, 0.4) is 0 Å². The number of carbonyl (C=O) groups is 4. The smallest absolute Gasteiger partial charge is 0.230 e. The zero-order chi connectivity index (χ0) is 63.4. The first-order chi connectivity index (χ1) is 44.7. The molecule has 6 N–H and O–H groups in total. The first-order valence-electron chi connectivity index (χ1n) is 33.5. The summed E-state index contributed by atoms with van der Waals surface area (Å²) in [6, 6.07) is 40.1. The molecule has 0 atom stereocenters. The van der Waals surface area contributed by atoms with Crippen LogP contribution in [0, 0.1) is 23.2 Å². The van der Waals surface area contributed by atoms with Crippen molar-refractivity contribution >= 4 is 92.7 Å². The van der Waals surface area contributed by atoms with Crippen molar-refractivity contribution < 1.29 is 36.2 Å². The van der Waals surface area contributed by atoms with Crippen LogP contribution < -0.4 is 21.3 Å². The number of hydrogen-bond donors (Lipinski definition) is 6. The molecule has 8 aromatic rings. The van der Waals surface area contributed by atoms with E-state index in [1.54, 1.807) is 0 Å². The number of aromatic nitrogens is 6. The van der Waals surface area contributed by atoms with Crippen molar-refractivity contribution in [3.8, 4) is 44.5 Å². The molecule has 93 heavy (non-hydrogen) atoms. The number of H-pyrrole nitrogens is 2. The number of rotatable bonds is 17. The fourth-order valence-electron chi connectivity index (χ4n) is 14.7. The van der Waals surface area contributed by atoms with E-state index in [1.165, 1.54) is 0 Å². The van der Waals surface area contributed by atoms with Gasteiger partial charge in [0.25, 0.3) is 0 Å². The van der Waals surface area contributed by atoms with Crippen LogP contribution in [0.15, 0.2) is 134 Å². The Hall–Kier alpha value is -8.91. The summed E-state index contributed by atoms with van der Waals surface area (Å²) in [4.78, 5) is 81.5. The van der Waals surface area contributed by atoms with Gasteiger partial charge in [0.05, 0.1) is 22.8 Å². The maximum Gasteiger partial charge on any atom is 0.230 e. The van der Waals surface area contributed by atoms with Crippen LogP contribution in [0.5, 0.6) is 0 Å². The summed E-state index contributed by atoms with van der Waals surface area (Å²) in [6.07, 6.45) is 29.2. The number of para-hydroxylation sites is 4. The zero-order valence-electron chi connectivity index (χ0n) is 53.9. The summed E-state index contributed by atoms with van der Waals surface area (Å²) < 4.78 is 2.14. The second-order valence-corrected chi connectivity index (χ2v) is 26.9. The third-order valence-electron chi connectivity index (χ3n) is 20.3. The normalized spacial score (nSPS) is 16.2. The van der Waals surface area contributed by atoms with E-state index in [-0.39, 0.29) is 40.7 Å². The van der Waals surface area contributed by atoms with Crippen LogP contribution in [0.2, 0.25) is 0 Å². The minimum Gasteiger partial charge on any atom is -0.354 e. The van der Waals surface area contributed by atoms with E-state index in [0.29, 0.717) is 51.9 Å². The number of amides is 4. The molecule has 3 aliphatic carbocycles. The molecule has 6 heterocycles. The van der Waals surface area contributed by atoms with Crippen LogP contribution in [-0.2, 0) is 42.8 Å². The van der Waals surface area contributed by atoms with Gasteiger partial charge in [0, 0.05) is 148 Å². The Morgan fingerprint density at radius 2 is 0.753 bits per heavy atom. The van der Waals surface area contributed by atoms with Crippen LogP contribution >= 0.6 is 0 Å². The Kier molecular flexibility index (Phi) is 19.1. The average Bonchev–Trinajstić information content (AvgIpc) is 1.85. The zero-order valence-corrected chi connectivity index (χ0v) is 55.0. The monoisotopic (exact) mass is 1280 g/mol. The summed E-state index contributed by atoms with van der Waals surface area (Å²) in [7, 11) is 0. The van der Waals surface area contributed by atoms with E-state index in [2.05, 4.69) is 91.9 Å². The molecule has 0 radical (unpaired) electrons. The third kappa shape index (κ3) is 13.5. The molecule has 4 amide bonds. The molecule has 3 saturated carbocycles. The Balaban J connectivity index is 0.00000832. The standard InChI is InChI=1S/C78H84N10O4.Fe/c1-51-79-48-50-88(51)49-24-5-9-33-68(89)84-56-29-14-10-25-52(56)69-60-34-36-62(80-60)70(53-26-11-15-30-57(53)85-73(90)76(2)42-18-6-19-43-76)64-38-40-66(82-64)72(55-28-13-17-32-59(55)87-75(92)78(4)46-22-8-23-47-78)67-41-39-65(83-67)71(63-37-35-61(69)81-63)54-27-12-16-31-58(54)86-74(91)77(3)44-20-7-21-45-77;/h10-17,25-32,34-41,48,50,80,83H,5-9,18-24,33,42-47,49H2,1-4H3,(H,84,89)(H,85,90)(H,86,91)(H,87,92);. The SMILES string of the molecule is Cc1nccn1CCCCCC(=O)Nc1ccccc1-c1c2nc(c(-c3ccccc3NC(=O)C3(C)CCCCC3)c3ccc([nH]3)c(-c3ccccc3NC(=O)C3(C)CCCCC3)c3nc(c(-c4ccccc4NC(=O)C4(C)CCCCC4)c4ccc1[nH]4)C=C3)C=C2.[Fe]. The largest absolute Gasteiger partial charge is 0.354 e. The number of nitrogens with zero attached hydrogens (tertiary/aromatic N) is 4. The average molecular weight is 1280 g/mol. The van der Waals surface area contributed by atoms with Crippen molar-refractivity contribution in [2.24, 2.45) is 16.2 Å². The van der Waals surface area contributed by atoms with E-state index < -0.39 is 16.2 Å². The Morgan fingerprint density at radius 3 is 1.08 bits per heavy atom. The molecule has 13 rings (SSSR count). The molecule has 0 unspecified atom stereocenters. The van der Waals surface area contributed by atoms with Crippen molar-refractivity contribution in [2.75, 3.05) is 21.3 Å². The van der Waals surface area contributed by atoms with Gasteiger partial charge in [-0.3, -0.25) is 19.2 Å². The fraction of sp³-hybridized carbons (Fsp3) is 0.346. The van der Waals surface area contributed by atoms with Gasteiger partial charge in [-0.2, -0.15) is 0 Å². The molecule has 4 aromatic heterocycles. The summed E-state index contributed by atoms with van der Waals surface area (Å²) in [5, 5.41) is 13.6. The van der Waals surface area contributed by atoms with Crippen molar-refractivity contribution in [1.82, 2.24) is 29.5 Å². The predicted molar refractivity (Wildman–Crippen MR) is 374 cm³/mol. The van der Waals surface area contributed by atoms with Gasteiger partial charge in [0.1, 0.15) is 5.82 Å². The van der Waals surface area contributed by atoms with Gasteiger partial charge >= 0.3 is 0 Å².